The van der Waals surface area contributed by atoms with Crippen molar-refractivity contribution in [1.29, 1.82) is 0 Å². The summed E-state index contributed by atoms with van der Waals surface area (Å²) in [6.07, 6.45) is 0. The predicted molar refractivity (Wildman–Crippen MR) is 58.8 cm³/mol. The molecule has 17 heavy (non-hydrogen) atoms. The largest absolute Gasteiger partial charge is 0.395 e. The number of nitrogens with one attached hydrogen (secondary N) is 1. The first-order chi connectivity index (χ1) is 8.04. The van der Waals surface area contributed by atoms with Gasteiger partial charge in [-0.15, -0.1) is 0 Å². The Bertz CT molecular complexity index is 243. The van der Waals surface area contributed by atoms with E-state index in [2.05, 4.69) is 5.32 Å². The zero-order valence-electron chi connectivity index (χ0n) is 9.50. The van der Waals surface area contributed by atoms with Gasteiger partial charge in [-0.2, -0.15) is 0 Å². The number of amides is 2. The Kier molecular flexibility index (Phi) is 8.24. The molecule has 0 rings (SSSR count). The van der Waals surface area contributed by atoms with E-state index in [1.807, 2.05) is 0 Å². The third-order valence-electron chi connectivity index (χ3n) is 2.06. The van der Waals surface area contributed by atoms with Crippen LogP contribution in [0.1, 0.15) is 0 Å². The van der Waals surface area contributed by atoms with Crippen LogP contribution < -0.4 is 11.1 Å². The van der Waals surface area contributed by atoms with Gasteiger partial charge in [-0.05, 0) is 0 Å². The molecule has 0 heterocycles. The molecule has 6 N–H and O–H groups in total. The number of hydrogen-bond donors (Lipinski definition) is 5. The first kappa shape index (κ1) is 15.8. The van der Waals surface area contributed by atoms with E-state index in [4.69, 9.17) is 21.1 Å². The fourth-order valence-electron chi connectivity index (χ4n) is 1.20. The van der Waals surface area contributed by atoms with E-state index in [9.17, 15) is 9.59 Å². The summed E-state index contributed by atoms with van der Waals surface area (Å²) in [6, 6.07) is -1.12. The molecular weight excluding hydrogens is 230 g/mol. The van der Waals surface area contributed by atoms with Gasteiger partial charge in [0.1, 0.15) is 6.04 Å². The Morgan fingerprint density at radius 2 is 1.71 bits per heavy atom. The third kappa shape index (κ3) is 6.84. The quantitative estimate of drug-likeness (QED) is 0.284. The van der Waals surface area contributed by atoms with Crippen LogP contribution in [0.4, 0.5) is 0 Å². The molecule has 0 aromatic rings. The molecule has 0 aliphatic rings. The summed E-state index contributed by atoms with van der Waals surface area (Å²) >= 11 is 0. The Labute approximate surface area is 99.0 Å². The highest BCUT2D eigenvalue weighted by Gasteiger charge is 2.18. The van der Waals surface area contributed by atoms with Crippen molar-refractivity contribution in [2.75, 3.05) is 39.5 Å². The van der Waals surface area contributed by atoms with Crippen LogP contribution in [0.3, 0.4) is 0 Å². The van der Waals surface area contributed by atoms with Crippen LogP contribution in [0.5, 0.6) is 0 Å². The highest BCUT2D eigenvalue weighted by molar-refractivity contribution is 5.87. The second kappa shape index (κ2) is 8.88. The van der Waals surface area contributed by atoms with Crippen LogP contribution in [0, 0.1) is 0 Å². The second-order valence-electron chi connectivity index (χ2n) is 3.43. The lowest BCUT2D eigenvalue weighted by atomic mass is 10.3. The second-order valence-corrected chi connectivity index (χ2v) is 3.43. The molecule has 0 spiro atoms. The normalized spacial score (nSPS) is 12.5. The summed E-state index contributed by atoms with van der Waals surface area (Å²) in [6.45, 7) is -0.492. The highest BCUT2D eigenvalue weighted by Crippen LogP contribution is 1.88. The molecule has 8 nitrogen and oxygen atoms in total. The number of aliphatic hydroxyl groups excluding tert-OH is 3. The molecule has 1 atom stereocenters. The standard InChI is InChI=1S/C9H19N3O5/c10-9(17)7(6-15)11-8(16)5-12(1-3-13)2-4-14/h7,13-15H,1-6H2,(H2,10,17)(H,11,16)/t7-/m0/s1. The van der Waals surface area contributed by atoms with Gasteiger partial charge >= 0.3 is 0 Å². The van der Waals surface area contributed by atoms with Crippen molar-refractivity contribution >= 4 is 11.8 Å². The van der Waals surface area contributed by atoms with Crippen LogP contribution >= 0.6 is 0 Å². The first-order valence-corrected chi connectivity index (χ1v) is 5.18. The van der Waals surface area contributed by atoms with Gasteiger partial charge in [-0.25, -0.2) is 0 Å². The summed E-state index contributed by atoms with van der Waals surface area (Å²) in [5.41, 5.74) is 4.94. The number of primary amides is 1. The number of nitrogens with two attached hydrogens (primary N) is 1. The molecule has 0 saturated heterocycles. The molecule has 0 aromatic heterocycles. The number of rotatable bonds is 9. The van der Waals surface area contributed by atoms with E-state index >= 15 is 0 Å². The molecular formula is C9H19N3O5. The molecule has 0 bridgehead atoms. The van der Waals surface area contributed by atoms with Crippen molar-refractivity contribution in [2.24, 2.45) is 5.73 Å². The minimum absolute atomic E-state index is 0.0924. The van der Waals surface area contributed by atoms with Crippen LogP contribution in [0.15, 0.2) is 0 Å². The van der Waals surface area contributed by atoms with Gasteiger partial charge in [0.25, 0.3) is 0 Å². The summed E-state index contributed by atoms with van der Waals surface area (Å²) in [4.78, 5) is 23.7. The summed E-state index contributed by atoms with van der Waals surface area (Å²) in [7, 11) is 0. The van der Waals surface area contributed by atoms with E-state index in [0.29, 0.717) is 0 Å². The lowest BCUT2D eigenvalue weighted by Crippen LogP contribution is -2.50. The number of aliphatic hydroxyl groups is 3. The fourth-order valence-corrected chi connectivity index (χ4v) is 1.20. The van der Waals surface area contributed by atoms with Gasteiger partial charge < -0.3 is 26.4 Å². The molecule has 2 amide bonds. The van der Waals surface area contributed by atoms with E-state index in [-0.39, 0.29) is 32.8 Å². The van der Waals surface area contributed by atoms with Gasteiger partial charge in [-0.3, -0.25) is 14.5 Å². The molecule has 100 valence electrons. The number of carbonyl (C=O) groups excluding carboxylic acids is 2. The average Bonchev–Trinajstić information content (AvgIpc) is 2.26. The van der Waals surface area contributed by atoms with Crippen LogP contribution in [0.25, 0.3) is 0 Å². The maximum atomic E-state index is 11.4. The Morgan fingerprint density at radius 1 is 1.18 bits per heavy atom. The van der Waals surface area contributed by atoms with E-state index < -0.39 is 24.5 Å². The first-order valence-electron chi connectivity index (χ1n) is 5.18. The third-order valence-corrected chi connectivity index (χ3v) is 2.06. The minimum Gasteiger partial charge on any atom is -0.395 e. The van der Waals surface area contributed by atoms with Gasteiger partial charge in [0.05, 0.1) is 26.4 Å². The van der Waals surface area contributed by atoms with Crippen molar-refractivity contribution in [3.63, 3.8) is 0 Å². The zero-order chi connectivity index (χ0) is 13.3. The summed E-state index contributed by atoms with van der Waals surface area (Å²) in [5, 5.41) is 28.5. The maximum Gasteiger partial charge on any atom is 0.242 e. The maximum absolute atomic E-state index is 11.4. The van der Waals surface area contributed by atoms with E-state index in [1.54, 1.807) is 0 Å². The molecule has 0 fully saturated rings. The van der Waals surface area contributed by atoms with Crippen molar-refractivity contribution in [1.82, 2.24) is 10.2 Å². The molecule has 0 aromatic carbocycles. The molecule has 0 radical (unpaired) electrons. The SMILES string of the molecule is NC(=O)[C@H](CO)NC(=O)CN(CCO)CCO. The lowest BCUT2D eigenvalue weighted by Gasteiger charge is -2.20. The minimum atomic E-state index is -1.12. The highest BCUT2D eigenvalue weighted by atomic mass is 16.3. The fraction of sp³-hybridized carbons (Fsp3) is 0.778. The Morgan fingerprint density at radius 3 is 2.06 bits per heavy atom. The van der Waals surface area contributed by atoms with Gasteiger partial charge in [-0.1, -0.05) is 0 Å². The van der Waals surface area contributed by atoms with Gasteiger partial charge in [0.15, 0.2) is 0 Å². The average molecular weight is 249 g/mol. The Balaban J connectivity index is 4.16. The summed E-state index contributed by atoms with van der Waals surface area (Å²) < 4.78 is 0. The number of nitrogens with zero attached hydrogens (tertiary/aromatic N) is 1. The van der Waals surface area contributed by atoms with Crippen molar-refractivity contribution in [2.45, 2.75) is 6.04 Å². The van der Waals surface area contributed by atoms with Crippen LogP contribution in [-0.2, 0) is 9.59 Å². The van der Waals surface area contributed by atoms with Crippen LogP contribution in [-0.4, -0.2) is 77.5 Å². The molecule has 0 aliphatic heterocycles. The van der Waals surface area contributed by atoms with E-state index in [0.717, 1.165) is 0 Å². The number of carbonyl (C=O) groups is 2. The summed E-state index contributed by atoms with van der Waals surface area (Å²) in [5.74, 6) is -1.33. The molecule has 0 aliphatic carbocycles. The molecule has 8 heteroatoms. The Hall–Kier alpha value is -1.22. The predicted octanol–water partition coefficient (Wildman–Crippen LogP) is -3.76. The molecule has 0 saturated carbocycles. The van der Waals surface area contributed by atoms with Gasteiger partial charge in [0.2, 0.25) is 11.8 Å². The molecule has 0 unspecified atom stereocenters. The van der Waals surface area contributed by atoms with E-state index in [1.165, 1.54) is 4.90 Å². The monoisotopic (exact) mass is 249 g/mol. The smallest absolute Gasteiger partial charge is 0.242 e. The van der Waals surface area contributed by atoms with Gasteiger partial charge in [0, 0.05) is 13.1 Å². The topological polar surface area (TPSA) is 136 Å². The van der Waals surface area contributed by atoms with Crippen LogP contribution in [0.2, 0.25) is 0 Å². The van der Waals surface area contributed by atoms with Crippen molar-refractivity contribution < 1.29 is 24.9 Å². The number of hydrogen-bond acceptors (Lipinski definition) is 6. The van der Waals surface area contributed by atoms with Crippen molar-refractivity contribution in [3.8, 4) is 0 Å². The zero-order valence-corrected chi connectivity index (χ0v) is 9.50. The van der Waals surface area contributed by atoms with Crippen molar-refractivity contribution in [3.05, 3.63) is 0 Å². The lowest BCUT2D eigenvalue weighted by molar-refractivity contribution is -0.129.